The number of hydrogen-bond acceptors (Lipinski definition) is 4. The van der Waals surface area contributed by atoms with Crippen molar-refractivity contribution >= 4 is 0 Å². The molecule has 20 heavy (non-hydrogen) atoms. The molecule has 0 amide bonds. The van der Waals surface area contributed by atoms with Crippen molar-refractivity contribution in [1.29, 1.82) is 0 Å². The van der Waals surface area contributed by atoms with Gasteiger partial charge in [0.1, 0.15) is 5.60 Å². The van der Waals surface area contributed by atoms with Gasteiger partial charge in [-0.1, -0.05) is 13.8 Å². The molecule has 0 radical (unpaired) electrons. The monoisotopic (exact) mass is 277 g/mol. The Hall–Kier alpha value is -1.00. The van der Waals surface area contributed by atoms with Crippen LogP contribution in [0.2, 0.25) is 0 Å². The summed E-state index contributed by atoms with van der Waals surface area (Å²) in [4.78, 5) is 9.45. The minimum Gasteiger partial charge on any atom is -0.367 e. The van der Waals surface area contributed by atoms with Gasteiger partial charge in [-0.2, -0.15) is 0 Å². The van der Waals surface area contributed by atoms with Crippen molar-refractivity contribution in [3.05, 3.63) is 23.3 Å². The zero-order chi connectivity index (χ0) is 14.6. The molecule has 4 nitrogen and oxygen atoms in total. The maximum absolute atomic E-state index is 6.07. The Morgan fingerprint density at radius 1 is 1.30 bits per heavy atom. The van der Waals surface area contributed by atoms with E-state index in [1.54, 1.807) is 0 Å². The zero-order valence-electron chi connectivity index (χ0n) is 13.2. The van der Waals surface area contributed by atoms with E-state index in [0.29, 0.717) is 6.04 Å². The Kier molecular flexibility index (Phi) is 5.11. The van der Waals surface area contributed by atoms with E-state index in [1.165, 1.54) is 12.8 Å². The third kappa shape index (κ3) is 3.55. The van der Waals surface area contributed by atoms with Crippen LogP contribution >= 0.6 is 0 Å². The van der Waals surface area contributed by atoms with Crippen molar-refractivity contribution in [2.45, 2.75) is 71.6 Å². The fraction of sp³-hybridized carbons (Fsp3) is 0.750. The van der Waals surface area contributed by atoms with Gasteiger partial charge in [-0.15, -0.1) is 0 Å². The summed E-state index contributed by atoms with van der Waals surface area (Å²) < 4.78 is 6.07. The first-order valence-electron chi connectivity index (χ1n) is 7.78. The first-order valence-corrected chi connectivity index (χ1v) is 7.78. The van der Waals surface area contributed by atoms with E-state index in [-0.39, 0.29) is 5.60 Å². The molecule has 1 aromatic rings. The highest BCUT2D eigenvalue weighted by molar-refractivity contribution is 5.15. The van der Waals surface area contributed by atoms with Crippen LogP contribution in [0.4, 0.5) is 0 Å². The summed E-state index contributed by atoms with van der Waals surface area (Å²) in [5.74, 6) is 0.886. The Bertz CT molecular complexity index is 439. The lowest BCUT2D eigenvalue weighted by Gasteiger charge is -2.28. The highest BCUT2D eigenvalue weighted by atomic mass is 16.5. The molecule has 1 fully saturated rings. The third-order valence-electron chi connectivity index (χ3n) is 3.84. The van der Waals surface area contributed by atoms with Gasteiger partial charge in [0.05, 0.1) is 5.69 Å². The highest BCUT2D eigenvalue weighted by Gasteiger charge is 2.39. The average Bonchev–Trinajstić information content (AvgIpc) is 2.86. The van der Waals surface area contributed by atoms with Gasteiger partial charge in [-0.25, -0.2) is 9.97 Å². The van der Waals surface area contributed by atoms with Crippen molar-refractivity contribution in [2.75, 3.05) is 6.61 Å². The summed E-state index contributed by atoms with van der Waals surface area (Å²) in [6.45, 7) is 9.89. The van der Waals surface area contributed by atoms with Gasteiger partial charge in [-0.3, -0.25) is 0 Å². The van der Waals surface area contributed by atoms with E-state index < -0.39 is 0 Å². The molecule has 4 heteroatoms. The normalized spacial score (nSPS) is 17.9. The Morgan fingerprint density at radius 2 is 2.00 bits per heavy atom. The summed E-state index contributed by atoms with van der Waals surface area (Å²) in [5, 5.41) is 3.42. The van der Waals surface area contributed by atoms with Crippen molar-refractivity contribution < 1.29 is 4.74 Å². The number of nitrogens with one attached hydrogen (secondary N) is 1. The summed E-state index contributed by atoms with van der Waals surface area (Å²) >= 11 is 0. The van der Waals surface area contributed by atoms with Gasteiger partial charge in [-0.05, 0) is 45.6 Å². The van der Waals surface area contributed by atoms with Crippen LogP contribution in [0, 0.1) is 6.92 Å². The smallest absolute Gasteiger partial charge is 0.160 e. The fourth-order valence-electron chi connectivity index (χ4n) is 2.89. The number of nitrogens with zero attached hydrogens (tertiary/aromatic N) is 2. The summed E-state index contributed by atoms with van der Waals surface area (Å²) in [6, 6.07) is 2.52. The number of aryl methyl sites for hydroxylation is 1. The maximum atomic E-state index is 6.07. The van der Waals surface area contributed by atoms with Gasteiger partial charge >= 0.3 is 0 Å². The number of rotatable bonds is 6. The summed E-state index contributed by atoms with van der Waals surface area (Å²) in [5.41, 5.74) is 1.85. The Morgan fingerprint density at radius 3 is 2.60 bits per heavy atom. The van der Waals surface area contributed by atoms with E-state index in [0.717, 1.165) is 43.2 Å². The molecular formula is C16H27N3O. The van der Waals surface area contributed by atoms with Crippen LogP contribution in [-0.2, 0) is 16.9 Å². The number of ether oxygens (including phenoxy) is 1. The van der Waals surface area contributed by atoms with Gasteiger partial charge in [0.25, 0.3) is 0 Å². The molecule has 0 saturated heterocycles. The molecule has 1 saturated carbocycles. The molecule has 0 aromatic carbocycles. The lowest BCUT2D eigenvalue weighted by Crippen LogP contribution is -2.30. The molecule has 1 aliphatic carbocycles. The van der Waals surface area contributed by atoms with E-state index in [1.807, 2.05) is 6.92 Å². The van der Waals surface area contributed by atoms with Crippen molar-refractivity contribution in [2.24, 2.45) is 0 Å². The van der Waals surface area contributed by atoms with E-state index in [2.05, 4.69) is 37.1 Å². The first kappa shape index (κ1) is 15.4. The van der Waals surface area contributed by atoms with Crippen molar-refractivity contribution in [3.63, 3.8) is 0 Å². The lowest BCUT2D eigenvalue weighted by atomic mass is 10.0. The Balaban J connectivity index is 2.25. The molecule has 0 atom stereocenters. The van der Waals surface area contributed by atoms with Gasteiger partial charge in [0.15, 0.2) is 5.82 Å². The molecule has 0 spiro atoms. The summed E-state index contributed by atoms with van der Waals surface area (Å²) in [6.07, 6.45) is 4.50. The molecular weight excluding hydrogens is 250 g/mol. The van der Waals surface area contributed by atoms with Crippen LogP contribution in [0.25, 0.3) is 0 Å². The van der Waals surface area contributed by atoms with E-state index in [4.69, 9.17) is 9.72 Å². The Labute approximate surface area is 122 Å². The van der Waals surface area contributed by atoms with Gasteiger partial charge in [0.2, 0.25) is 0 Å². The fourth-order valence-corrected chi connectivity index (χ4v) is 2.89. The standard InChI is InChI=1S/C16H27N3O/c1-5-20-16(8-6-7-9-16)15-18-13(4)10-14(19-15)11-17-12(2)3/h10,12,17H,5-9,11H2,1-4H3. The topological polar surface area (TPSA) is 47.0 Å². The van der Waals surface area contributed by atoms with Crippen LogP contribution < -0.4 is 5.32 Å². The molecule has 1 aromatic heterocycles. The molecule has 0 aliphatic heterocycles. The van der Waals surface area contributed by atoms with Crippen LogP contribution in [0.15, 0.2) is 6.07 Å². The molecule has 112 valence electrons. The van der Waals surface area contributed by atoms with E-state index >= 15 is 0 Å². The molecule has 1 N–H and O–H groups in total. The molecule has 1 heterocycles. The van der Waals surface area contributed by atoms with Gasteiger partial charge < -0.3 is 10.1 Å². The van der Waals surface area contributed by atoms with Gasteiger partial charge in [0, 0.05) is 24.9 Å². The minimum absolute atomic E-state index is 0.243. The molecule has 0 bridgehead atoms. The second-order valence-electron chi connectivity index (χ2n) is 5.99. The third-order valence-corrected chi connectivity index (χ3v) is 3.84. The first-order chi connectivity index (χ1) is 9.55. The second-order valence-corrected chi connectivity index (χ2v) is 5.99. The van der Waals surface area contributed by atoms with E-state index in [9.17, 15) is 0 Å². The predicted molar refractivity (Wildman–Crippen MR) is 80.5 cm³/mol. The minimum atomic E-state index is -0.243. The van der Waals surface area contributed by atoms with Crippen LogP contribution in [0.5, 0.6) is 0 Å². The molecule has 2 rings (SSSR count). The molecule has 0 unspecified atom stereocenters. The lowest BCUT2D eigenvalue weighted by molar-refractivity contribution is -0.0459. The van der Waals surface area contributed by atoms with Crippen molar-refractivity contribution in [3.8, 4) is 0 Å². The second kappa shape index (κ2) is 6.64. The number of aromatic nitrogens is 2. The van der Waals surface area contributed by atoms with Crippen LogP contribution in [0.3, 0.4) is 0 Å². The summed E-state index contributed by atoms with van der Waals surface area (Å²) in [7, 11) is 0. The SMILES string of the molecule is CCOC1(c2nc(C)cc(CNC(C)C)n2)CCCC1. The predicted octanol–water partition coefficient (Wildman–Crippen LogP) is 3.09. The zero-order valence-corrected chi connectivity index (χ0v) is 13.2. The van der Waals surface area contributed by atoms with Crippen LogP contribution in [0.1, 0.15) is 63.7 Å². The quantitative estimate of drug-likeness (QED) is 0.868. The maximum Gasteiger partial charge on any atom is 0.160 e. The largest absolute Gasteiger partial charge is 0.367 e. The average molecular weight is 277 g/mol. The highest BCUT2D eigenvalue weighted by Crippen LogP contribution is 2.40. The number of hydrogen-bond donors (Lipinski definition) is 1. The van der Waals surface area contributed by atoms with Crippen LogP contribution in [-0.4, -0.2) is 22.6 Å². The van der Waals surface area contributed by atoms with Crippen molar-refractivity contribution in [1.82, 2.24) is 15.3 Å². The molecule has 1 aliphatic rings.